The van der Waals surface area contributed by atoms with E-state index >= 15 is 0 Å². The third kappa shape index (κ3) is 2.55. The van der Waals surface area contributed by atoms with Gasteiger partial charge in [-0.3, -0.25) is 4.98 Å². The van der Waals surface area contributed by atoms with Crippen LogP contribution in [0.15, 0.2) is 57.9 Å². The van der Waals surface area contributed by atoms with Crippen molar-refractivity contribution in [2.45, 2.75) is 6.04 Å². The molecule has 0 fully saturated rings. The molecule has 1 unspecified atom stereocenters. The van der Waals surface area contributed by atoms with Gasteiger partial charge in [-0.25, -0.2) is 0 Å². The summed E-state index contributed by atoms with van der Waals surface area (Å²) in [7, 11) is 0. The molecule has 0 saturated carbocycles. The summed E-state index contributed by atoms with van der Waals surface area (Å²) in [5.74, 6) is 0. The Hall–Kier alpha value is -1.85. The summed E-state index contributed by atoms with van der Waals surface area (Å²) < 4.78 is 6.09. The number of furan rings is 1. The first-order valence-corrected chi connectivity index (χ1v) is 7.10. The van der Waals surface area contributed by atoms with Gasteiger partial charge in [-0.1, -0.05) is 12.1 Å². The van der Waals surface area contributed by atoms with Gasteiger partial charge in [-0.15, -0.1) is 0 Å². The van der Waals surface area contributed by atoms with Crippen LogP contribution in [-0.4, -0.2) is 11.5 Å². The molecule has 0 bridgehead atoms. The quantitative estimate of drug-likeness (QED) is 0.765. The molecule has 4 nitrogen and oxygen atoms in total. The second-order valence-corrected chi connectivity index (χ2v) is 5.44. The van der Waals surface area contributed by atoms with E-state index in [1.165, 1.54) is 0 Å². The summed E-state index contributed by atoms with van der Waals surface area (Å²) in [5.41, 5.74) is 8.77. The van der Waals surface area contributed by atoms with Crippen LogP contribution in [0.1, 0.15) is 11.6 Å². The summed E-state index contributed by atoms with van der Waals surface area (Å²) in [5, 5.41) is 4.51. The highest BCUT2D eigenvalue weighted by Gasteiger charge is 2.12. The number of aromatic nitrogens is 1. The maximum atomic E-state index is 5.85. The number of nitrogens with zero attached hydrogens (tertiary/aromatic N) is 1. The summed E-state index contributed by atoms with van der Waals surface area (Å²) in [6.07, 6.45) is 5.15. The number of benzene rings is 1. The molecule has 3 aromatic rings. The molecule has 3 N–H and O–H groups in total. The van der Waals surface area contributed by atoms with E-state index in [1.807, 2.05) is 30.3 Å². The van der Waals surface area contributed by atoms with Crippen LogP contribution in [0.3, 0.4) is 0 Å². The molecule has 5 heteroatoms. The van der Waals surface area contributed by atoms with Crippen molar-refractivity contribution in [2.24, 2.45) is 5.73 Å². The minimum atomic E-state index is 0.00444. The fourth-order valence-electron chi connectivity index (χ4n) is 2.19. The van der Waals surface area contributed by atoms with E-state index in [9.17, 15) is 0 Å². The highest BCUT2D eigenvalue weighted by molar-refractivity contribution is 9.10. The van der Waals surface area contributed by atoms with Crippen molar-refractivity contribution < 1.29 is 4.42 Å². The molecule has 1 atom stereocenters. The van der Waals surface area contributed by atoms with Crippen molar-refractivity contribution in [3.8, 4) is 0 Å². The number of pyridine rings is 1. The molecule has 0 aliphatic heterocycles. The third-order valence-electron chi connectivity index (χ3n) is 3.19. The molecule has 0 saturated heterocycles. The number of hydrogen-bond acceptors (Lipinski definition) is 4. The smallest absolute Gasteiger partial charge is 0.0955 e. The number of hydrogen-bond donors (Lipinski definition) is 2. The molecule has 102 valence electrons. The fraction of sp³-hybridized carbons (Fsp3) is 0.133. The Balaban J connectivity index is 1.98. The lowest BCUT2D eigenvalue weighted by Crippen LogP contribution is -2.20. The summed E-state index contributed by atoms with van der Waals surface area (Å²) in [6, 6.07) is 10.0. The van der Waals surface area contributed by atoms with Crippen LogP contribution in [0.2, 0.25) is 0 Å². The van der Waals surface area contributed by atoms with Gasteiger partial charge < -0.3 is 15.5 Å². The standard InChI is InChI=1S/C15H14BrN3O/c16-12-6-10-2-1-3-13(15(10)18-8-12)19-14(7-17)11-4-5-20-9-11/h1-6,8-9,14,19H,7,17H2. The predicted molar refractivity (Wildman–Crippen MR) is 83.6 cm³/mol. The van der Waals surface area contributed by atoms with Crippen molar-refractivity contribution in [3.63, 3.8) is 0 Å². The second kappa shape index (κ2) is 5.64. The summed E-state index contributed by atoms with van der Waals surface area (Å²) >= 11 is 3.44. The van der Waals surface area contributed by atoms with Gasteiger partial charge >= 0.3 is 0 Å². The zero-order valence-electron chi connectivity index (χ0n) is 10.7. The number of halogens is 1. The lowest BCUT2D eigenvalue weighted by Gasteiger charge is -2.17. The topological polar surface area (TPSA) is 64.1 Å². The average Bonchev–Trinajstić information content (AvgIpc) is 2.98. The van der Waals surface area contributed by atoms with Gasteiger partial charge in [0.05, 0.1) is 29.8 Å². The van der Waals surface area contributed by atoms with E-state index in [0.717, 1.165) is 26.6 Å². The highest BCUT2D eigenvalue weighted by atomic mass is 79.9. The molecule has 0 aliphatic carbocycles. The van der Waals surface area contributed by atoms with Crippen molar-refractivity contribution in [3.05, 3.63) is 59.1 Å². The Bertz CT molecular complexity index is 712. The summed E-state index contributed by atoms with van der Waals surface area (Å²) in [6.45, 7) is 0.479. The van der Waals surface area contributed by atoms with Crippen LogP contribution >= 0.6 is 15.9 Å². The maximum absolute atomic E-state index is 5.85. The molecule has 1 aromatic carbocycles. The molecular weight excluding hydrogens is 318 g/mol. The molecule has 0 radical (unpaired) electrons. The van der Waals surface area contributed by atoms with Gasteiger partial charge in [-0.2, -0.15) is 0 Å². The molecule has 0 spiro atoms. The van der Waals surface area contributed by atoms with E-state index in [-0.39, 0.29) is 6.04 Å². The van der Waals surface area contributed by atoms with Crippen LogP contribution in [0, 0.1) is 0 Å². The maximum Gasteiger partial charge on any atom is 0.0955 e. The number of nitrogens with two attached hydrogens (primary N) is 1. The zero-order valence-corrected chi connectivity index (χ0v) is 12.3. The molecule has 0 aliphatic rings. The molecule has 20 heavy (non-hydrogen) atoms. The Morgan fingerprint density at radius 3 is 3.00 bits per heavy atom. The van der Waals surface area contributed by atoms with Crippen LogP contribution < -0.4 is 11.1 Å². The van der Waals surface area contributed by atoms with E-state index in [2.05, 4.69) is 26.2 Å². The lowest BCUT2D eigenvalue weighted by molar-refractivity contribution is 0.561. The first-order valence-electron chi connectivity index (χ1n) is 6.31. The number of para-hydroxylation sites is 1. The molecule has 2 aromatic heterocycles. The molecular formula is C15H14BrN3O. The first kappa shape index (κ1) is 13.1. The Labute approximate surface area is 125 Å². The van der Waals surface area contributed by atoms with Crippen LogP contribution in [0.25, 0.3) is 10.9 Å². The van der Waals surface area contributed by atoms with Crippen molar-refractivity contribution in [1.29, 1.82) is 0 Å². The zero-order chi connectivity index (χ0) is 13.9. The number of fused-ring (bicyclic) bond motifs is 1. The minimum Gasteiger partial charge on any atom is -0.472 e. The lowest BCUT2D eigenvalue weighted by atomic mass is 10.1. The number of nitrogens with one attached hydrogen (secondary N) is 1. The van der Waals surface area contributed by atoms with Gasteiger partial charge in [0.25, 0.3) is 0 Å². The fourth-order valence-corrected chi connectivity index (χ4v) is 2.54. The molecule has 2 heterocycles. The Morgan fingerprint density at radius 2 is 2.25 bits per heavy atom. The predicted octanol–water partition coefficient (Wildman–Crippen LogP) is 3.70. The Morgan fingerprint density at radius 1 is 1.35 bits per heavy atom. The van der Waals surface area contributed by atoms with Crippen molar-refractivity contribution in [2.75, 3.05) is 11.9 Å². The Kier molecular flexibility index (Phi) is 3.71. The van der Waals surface area contributed by atoms with E-state index in [0.29, 0.717) is 6.54 Å². The van der Waals surface area contributed by atoms with E-state index in [1.54, 1.807) is 18.7 Å². The van der Waals surface area contributed by atoms with E-state index < -0.39 is 0 Å². The van der Waals surface area contributed by atoms with Gasteiger partial charge in [0.15, 0.2) is 0 Å². The monoisotopic (exact) mass is 331 g/mol. The SMILES string of the molecule is NCC(Nc1cccc2cc(Br)cnc12)c1ccoc1. The molecule has 0 amide bonds. The highest BCUT2D eigenvalue weighted by Crippen LogP contribution is 2.27. The van der Waals surface area contributed by atoms with Crippen LogP contribution in [0.5, 0.6) is 0 Å². The second-order valence-electron chi connectivity index (χ2n) is 4.52. The number of anilines is 1. The van der Waals surface area contributed by atoms with E-state index in [4.69, 9.17) is 10.2 Å². The average molecular weight is 332 g/mol. The van der Waals surface area contributed by atoms with Gasteiger partial charge in [0, 0.05) is 28.2 Å². The van der Waals surface area contributed by atoms with Crippen LogP contribution in [-0.2, 0) is 0 Å². The van der Waals surface area contributed by atoms with Gasteiger partial charge in [-0.05, 0) is 34.1 Å². The largest absolute Gasteiger partial charge is 0.472 e. The summed E-state index contributed by atoms with van der Waals surface area (Å²) in [4.78, 5) is 4.48. The third-order valence-corrected chi connectivity index (χ3v) is 3.62. The number of rotatable bonds is 4. The van der Waals surface area contributed by atoms with Crippen molar-refractivity contribution >= 4 is 32.5 Å². The first-order chi connectivity index (χ1) is 9.78. The van der Waals surface area contributed by atoms with Gasteiger partial charge in [0.1, 0.15) is 0 Å². The normalized spacial score (nSPS) is 12.5. The van der Waals surface area contributed by atoms with Gasteiger partial charge in [0.2, 0.25) is 0 Å². The molecule has 3 rings (SSSR count). The minimum absolute atomic E-state index is 0.00444. The van der Waals surface area contributed by atoms with Crippen molar-refractivity contribution in [1.82, 2.24) is 4.98 Å². The van der Waals surface area contributed by atoms with Crippen LogP contribution in [0.4, 0.5) is 5.69 Å².